The minimum atomic E-state index is -4.31. The summed E-state index contributed by atoms with van der Waals surface area (Å²) in [7, 11) is -4.31. The van der Waals surface area contributed by atoms with E-state index in [4.69, 9.17) is 10.3 Å². The maximum atomic E-state index is 12.2. The molecule has 0 atom stereocenters. The van der Waals surface area contributed by atoms with Gasteiger partial charge in [0.25, 0.3) is 21.6 Å². The van der Waals surface area contributed by atoms with E-state index in [-0.39, 0.29) is 28.4 Å². The Morgan fingerprint density at radius 3 is 2.30 bits per heavy atom. The number of aromatic nitrogens is 1. The van der Waals surface area contributed by atoms with Gasteiger partial charge in [0.15, 0.2) is 5.88 Å². The van der Waals surface area contributed by atoms with Crippen LogP contribution in [0.3, 0.4) is 0 Å². The third-order valence-electron chi connectivity index (χ3n) is 3.28. The van der Waals surface area contributed by atoms with Gasteiger partial charge in [-0.15, -0.1) is 0 Å². The number of nitrogens with two attached hydrogens (primary N) is 1. The molecule has 2 aromatic rings. The SMILES string of the molecule is Cc1cc(O)n(Cc2ccc(S(=O)(=O)O)cc2)c(=O)c1C(N)=O. The van der Waals surface area contributed by atoms with Gasteiger partial charge in [0, 0.05) is 6.07 Å². The number of pyridine rings is 1. The summed E-state index contributed by atoms with van der Waals surface area (Å²) in [4.78, 5) is 23.3. The lowest BCUT2D eigenvalue weighted by molar-refractivity contribution is 0.0997. The zero-order valence-electron chi connectivity index (χ0n) is 12.1. The molecule has 0 unspecified atom stereocenters. The lowest BCUT2D eigenvalue weighted by atomic mass is 10.1. The minimum Gasteiger partial charge on any atom is -0.494 e. The Kier molecular flexibility index (Phi) is 4.26. The molecule has 0 fully saturated rings. The zero-order chi connectivity index (χ0) is 17.4. The molecule has 0 aliphatic carbocycles. The molecule has 122 valence electrons. The minimum absolute atomic E-state index is 0.100. The molecule has 1 heterocycles. The lowest BCUT2D eigenvalue weighted by Gasteiger charge is -2.12. The van der Waals surface area contributed by atoms with Gasteiger partial charge in [-0.1, -0.05) is 12.1 Å². The molecule has 0 radical (unpaired) electrons. The molecular weight excluding hydrogens is 324 g/mol. The summed E-state index contributed by atoms with van der Waals surface area (Å²) in [6, 6.07) is 6.32. The van der Waals surface area contributed by atoms with Crippen molar-refractivity contribution < 1.29 is 22.9 Å². The number of rotatable bonds is 4. The summed E-state index contributed by atoms with van der Waals surface area (Å²) >= 11 is 0. The summed E-state index contributed by atoms with van der Waals surface area (Å²) in [5.74, 6) is -1.25. The van der Waals surface area contributed by atoms with Crippen LogP contribution in [-0.2, 0) is 16.7 Å². The van der Waals surface area contributed by atoms with Crippen LogP contribution in [0, 0.1) is 6.92 Å². The average molecular weight is 338 g/mol. The van der Waals surface area contributed by atoms with Crippen molar-refractivity contribution in [2.75, 3.05) is 0 Å². The van der Waals surface area contributed by atoms with Gasteiger partial charge in [-0.05, 0) is 30.2 Å². The second-order valence-corrected chi connectivity index (χ2v) is 6.36. The third kappa shape index (κ3) is 3.41. The second kappa shape index (κ2) is 5.86. The van der Waals surface area contributed by atoms with Crippen LogP contribution in [0.1, 0.15) is 21.5 Å². The monoisotopic (exact) mass is 338 g/mol. The maximum absolute atomic E-state index is 12.2. The molecule has 9 heteroatoms. The molecule has 0 bridgehead atoms. The highest BCUT2D eigenvalue weighted by molar-refractivity contribution is 7.85. The maximum Gasteiger partial charge on any atom is 0.294 e. The molecule has 2 rings (SSSR count). The van der Waals surface area contributed by atoms with Crippen molar-refractivity contribution in [3.8, 4) is 5.88 Å². The van der Waals surface area contributed by atoms with Gasteiger partial charge in [0.2, 0.25) is 0 Å². The Morgan fingerprint density at radius 2 is 1.83 bits per heavy atom. The van der Waals surface area contributed by atoms with E-state index < -0.39 is 21.6 Å². The summed E-state index contributed by atoms with van der Waals surface area (Å²) in [6.07, 6.45) is 0. The summed E-state index contributed by atoms with van der Waals surface area (Å²) in [5.41, 5.74) is 4.94. The summed E-state index contributed by atoms with van der Waals surface area (Å²) in [6.45, 7) is 1.38. The largest absolute Gasteiger partial charge is 0.494 e. The predicted octanol–water partition coefficient (Wildman–Crippen LogP) is 0.256. The van der Waals surface area contributed by atoms with Crippen molar-refractivity contribution in [2.45, 2.75) is 18.4 Å². The van der Waals surface area contributed by atoms with Crippen molar-refractivity contribution in [1.82, 2.24) is 4.57 Å². The Hall–Kier alpha value is -2.65. The number of carbonyl (C=O) groups is 1. The highest BCUT2D eigenvalue weighted by atomic mass is 32.2. The first kappa shape index (κ1) is 16.7. The molecule has 0 saturated heterocycles. The van der Waals surface area contributed by atoms with Crippen molar-refractivity contribution in [2.24, 2.45) is 5.73 Å². The Labute approximate surface area is 131 Å². The lowest BCUT2D eigenvalue weighted by Crippen LogP contribution is -2.31. The van der Waals surface area contributed by atoms with Crippen LogP contribution in [0.15, 0.2) is 40.0 Å². The van der Waals surface area contributed by atoms with Gasteiger partial charge in [0.05, 0.1) is 11.4 Å². The molecular formula is C14H14N2O6S. The van der Waals surface area contributed by atoms with Crippen molar-refractivity contribution in [3.63, 3.8) is 0 Å². The molecule has 0 aliphatic heterocycles. The average Bonchev–Trinajstić information content (AvgIpc) is 2.42. The zero-order valence-corrected chi connectivity index (χ0v) is 12.9. The molecule has 0 saturated carbocycles. The number of amides is 1. The molecule has 23 heavy (non-hydrogen) atoms. The topological polar surface area (TPSA) is 140 Å². The van der Waals surface area contributed by atoms with Crippen LogP contribution in [0.5, 0.6) is 5.88 Å². The molecule has 1 amide bonds. The van der Waals surface area contributed by atoms with Crippen molar-refractivity contribution in [3.05, 3.63) is 57.4 Å². The fraction of sp³-hybridized carbons (Fsp3) is 0.143. The van der Waals surface area contributed by atoms with E-state index in [1.54, 1.807) is 0 Å². The fourth-order valence-electron chi connectivity index (χ4n) is 2.15. The standard InChI is InChI=1S/C14H14N2O6S/c1-8-6-11(17)16(14(19)12(8)13(15)18)7-9-2-4-10(5-3-9)23(20,21)22/h2-6,17H,7H2,1H3,(H2,15,18)(H,20,21,22). The molecule has 8 nitrogen and oxygen atoms in total. The van der Waals surface area contributed by atoms with Gasteiger partial charge in [-0.25, -0.2) is 0 Å². The van der Waals surface area contributed by atoms with E-state index in [2.05, 4.69) is 0 Å². The van der Waals surface area contributed by atoms with Crippen molar-refractivity contribution in [1.29, 1.82) is 0 Å². The van der Waals surface area contributed by atoms with E-state index in [9.17, 15) is 23.1 Å². The molecule has 0 spiro atoms. The molecule has 1 aromatic heterocycles. The first-order valence-corrected chi connectivity index (χ1v) is 7.85. The predicted molar refractivity (Wildman–Crippen MR) is 81.0 cm³/mol. The van der Waals surface area contributed by atoms with Gasteiger partial charge in [-0.3, -0.25) is 18.7 Å². The highest BCUT2D eigenvalue weighted by Gasteiger charge is 2.16. The fourth-order valence-corrected chi connectivity index (χ4v) is 2.63. The first-order chi connectivity index (χ1) is 10.6. The van der Waals surface area contributed by atoms with Crippen LogP contribution >= 0.6 is 0 Å². The summed E-state index contributed by atoms with van der Waals surface area (Å²) < 4.78 is 31.8. The van der Waals surface area contributed by atoms with Crippen LogP contribution in [0.4, 0.5) is 0 Å². The van der Waals surface area contributed by atoms with E-state index in [1.165, 1.54) is 25.1 Å². The third-order valence-corrected chi connectivity index (χ3v) is 4.15. The van der Waals surface area contributed by atoms with Gasteiger partial charge < -0.3 is 10.8 Å². The van der Waals surface area contributed by atoms with E-state index in [0.717, 1.165) is 16.7 Å². The molecule has 1 aromatic carbocycles. The van der Waals surface area contributed by atoms with Crippen LogP contribution in [0.2, 0.25) is 0 Å². The summed E-state index contributed by atoms with van der Waals surface area (Å²) in [5, 5.41) is 9.90. The van der Waals surface area contributed by atoms with E-state index in [0.29, 0.717) is 5.56 Å². The Bertz CT molecular complexity index is 929. The number of aryl methyl sites for hydroxylation is 1. The number of hydrogen-bond donors (Lipinski definition) is 3. The number of benzene rings is 1. The number of primary amides is 1. The van der Waals surface area contributed by atoms with Crippen LogP contribution in [-0.4, -0.2) is 28.6 Å². The quantitative estimate of drug-likeness (QED) is 0.683. The van der Waals surface area contributed by atoms with Crippen LogP contribution < -0.4 is 11.3 Å². The normalized spacial score (nSPS) is 11.4. The highest BCUT2D eigenvalue weighted by Crippen LogP contribution is 2.16. The van der Waals surface area contributed by atoms with Crippen LogP contribution in [0.25, 0.3) is 0 Å². The number of hydrogen-bond acceptors (Lipinski definition) is 5. The number of nitrogens with zero attached hydrogens (tertiary/aromatic N) is 1. The first-order valence-electron chi connectivity index (χ1n) is 6.41. The van der Waals surface area contributed by atoms with E-state index in [1.807, 2.05) is 0 Å². The van der Waals surface area contributed by atoms with Gasteiger partial charge in [0.1, 0.15) is 5.56 Å². The Morgan fingerprint density at radius 1 is 1.26 bits per heavy atom. The smallest absolute Gasteiger partial charge is 0.294 e. The molecule has 4 N–H and O–H groups in total. The van der Waals surface area contributed by atoms with E-state index >= 15 is 0 Å². The van der Waals surface area contributed by atoms with Crippen molar-refractivity contribution >= 4 is 16.0 Å². The van der Waals surface area contributed by atoms with Gasteiger partial charge in [-0.2, -0.15) is 8.42 Å². The number of carbonyl (C=O) groups excluding carboxylic acids is 1. The van der Waals surface area contributed by atoms with Gasteiger partial charge >= 0.3 is 0 Å². The second-order valence-electron chi connectivity index (χ2n) is 4.94. The number of aromatic hydroxyl groups is 1. The molecule has 0 aliphatic rings. The Balaban J connectivity index is 2.47.